The van der Waals surface area contributed by atoms with Gasteiger partial charge in [-0.1, -0.05) is 96.6 Å². The van der Waals surface area contributed by atoms with Crippen molar-refractivity contribution in [1.82, 2.24) is 0 Å². The highest BCUT2D eigenvalue weighted by Gasteiger charge is 2.67. The molecule has 3 heteroatoms. The summed E-state index contributed by atoms with van der Waals surface area (Å²) in [7, 11) is -1.17. The molecule has 0 N–H and O–H groups in total. The van der Waals surface area contributed by atoms with Crippen molar-refractivity contribution in [2.75, 3.05) is 4.90 Å². The average molecular weight is 466 g/mol. The van der Waals surface area contributed by atoms with Crippen LogP contribution in [0.4, 0.5) is 5.69 Å². The summed E-state index contributed by atoms with van der Waals surface area (Å²) in [6, 6.07) is 40.1. The molecule has 0 saturated carbocycles. The van der Waals surface area contributed by atoms with Gasteiger partial charge in [0.1, 0.15) is 4.87 Å². The molecule has 1 unspecified atom stereocenters. The van der Waals surface area contributed by atoms with Crippen LogP contribution in [0, 0.1) is 6.92 Å². The standard InChI is InChI=1S/C31H31NOS/c1-25-20-22-29(23-21-25)34(33)31(24-12-11-15-26-13-5-2-6-14-26)30(27-16-7-3-8-17-27)32(31)28-18-9-4-10-19-28/h2-10,13-14,16-23,30H,11-12,15,24H2,1H3/t30-,31-,32?,34?/m1/s1. The average Bonchev–Trinajstić information content (AvgIpc) is 3.58. The summed E-state index contributed by atoms with van der Waals surface area (Å²) in [4.78, 5) is 2.86. The van der Waals surface area contributed by atoms with Crippen LogP contribution in [0.1, 0.15) is 42.0 Å². The Labute approximate surface area is 205 Å². The van der Waals surface area contributed by atoms with Crippen LogP contribution in [0.25, 0.3) is 0 Å². The van der Waals surface area contributed by atoms with Crippen molar-refractivity contribution in [3.05, 3.63) is 132 Å². The van der Waals surface area contributed by atoms with E-state index in [1.807, 2.05) is 18.2 Å². The summed E-state index contributed by atoms with van der Waals surface area (Å²) in [6.45, 7) is 2.08. The number of benzene rings is 4. The summed E-state index contributed by atoms with van der Waals surface area (Å²) >= 11 is 0. The number of hydrogen-bond acceptors (Lipinski definition) is 2. The normalized spacial score (nSPS) is 20.1. The lowest BCUT2D eigenvalue weighted by Crippen LogP contribution is -2.25. The molecule has 0 bridgehead atoms. The first kappa shape index (κ1) is 22.6. The van der Waals surface area contributed by atoms with Gasteiger partial charge in [0.05, 0.1) is 16.8 Å². The van der Waals surface area contributed by atoms with Crippen molar-refractivity contribution < 1.29 is 4.21 Å². The maximum atomic E-state index is 14.3. The Kier molecular flexibility index (Phi) is 6.64. The van der Waals surface area contributed by atoms with E-state index in [2.05, 4.69) is 109 Å². The van der Waals surface area contributed by atoms with Crippen LogP contribution in [0.5, 0.6) is 0 Å². The van der Waals surface area contributed by atoms with Gasteiger partial charge in [-0.25, -0.2) is 0 Å². The molecule has 0 aliphatic carbocycles. The van der Waals surface area contributed by atoms with Gasteiger partial charge in [-0.3, -0.25) is 4.21 Å². The van der Waals surface area contributed by atoms with Crippen LogP contribution >= 0.6 is 0 Å². The van der Waals surface area contributed by atoms with Crippen LogP contribution < -0.4 is 4.90 Å². The molecule has 3 atom stereocenters. The zero-order valence-electron chi connectivity index (χ0n) is 19.6. The monoisotopic (exact) mass is 465 g/mol. The second kappa shape index (κ2) is 9.99. The molecule has 5 rings (SSSR count). The van der Waals surface area contributed by atoms with Crippen LogP contribution in [-0.2, 0) is 17.2 Å². The van der Waals surface area contributed by atoms with E-state index in [1.54, 1.807) is 0 Å². The van der Waals surface area contributed by atoms with Crippen molar-refractivity contribution in [2.24, 2.45) is 0 Å². The minimum Gasteiger partial charge on any atom is -0.342 e. The van der Waals surface area contributed by atoms with E-state index >= 15 is 0 Å². The second-order valence-corrected chi connectivity index (χ2v) is 10.9. The smallest absolute Gasteiger partial charge is 0.146 e. The zero-order valence-corrected chi connectivity index (χ0v) is 20.5. The van der Waals surface area contributed by atoms with Gasteiger partial charge in [-0.15, -0.1) is 0 Å². The molecular formula is C31H31NOS. The third-order valence-electron chi connectivity index (χ3n) is 6.82. The van der Waals surface area contributed by atoms with Crippen molar-refractivity contribution in [1.29, 1.82) is 0 Å². The number of unbranched alkanes of at least 4 members (excludes halogenated alkanes) is 1. The lowest BCUT2D eigenvalue weighted by molar-refractivity contribution is 0.611. The SMILES string of the molecule is Cc1ccc(S(=O)[C@]2(CCCCc3ccccc3)[C@@H](c3ccccc3)N2c2ccccc2)cc1. The molecule has 1 aliphatic rings. The highest BCUT2D eigenvalue weighted by atomic mass is 32.2. The topological polar surface area (TPSA) is 20.1 Å². The summed E-state index contributed by atoms with van der Waals surface area (Å²) in [5.41, 5.74) is 4.93. The highest BCUT2D eigenvalue weighted by molar-refractivity contribution is 7.87. The van der Waals surface area contributed by atoms with E-state index in [0.29, 0.717) is 0 Å². The van der Waals surface area contributed by atoms with Gasteiger partial charge in [0.25, 0.3) is 0 Å². The highest BCUT2D eigenvalue weighted by Crippen LogP contribution is 2.61. The molecule has 0 spiro atoms. The van der Waals surface area contributed by atoms with Crippen molar-refractivity contribution >= 4 is 16.5 Å². The Morgan fingerprint density at radius 1 is 0.735 bits per heavy atom. The molecule has 0 radical (unpaired) electrons. The summed E-state index contributed by atoms with van der Waals surface area (Å²) in [5, 5.41) is 0. The van der Waals surface area contributed by atoms with Crippen LogP contribution in [0.2, 0.25) is 0 Å². The Balaban J connectivity index is 1.49. The molecule has 4 aromatic rings. The van der Waals surface area contributed by atoms with E-state index in [-0.39, 0.29) is 6.04 Å². The fraction of sp³-hybridized carbons (Fsp3) is 0.226. The number of para-hydroxylation sites is 1. The number of anilines is 1. The zero-order chi connectivity index (χ0) is 23.4. The van der Waals surface area contributed by atoms with Gasteiger partial charge in [0.2, 0.25) is 0 Å². The lowest BCUT2D eigenvalue weighted by atomic mass is 10.0. The van der Waals surface area contributed by atoms with Crippen LogP contribution in [-0.4, -0.2) is 9.08 Å². The lowest BCUT2D eigenvalue weighted by Gasteiger charge is -2.19. The van der Waals surface area contributed by atoms with Crippen LogP contribution in [0.15, 0.2) is 120 Å². The van der Waals surface area contributed by atoms with E-state index < -0.39 is 15.7 Å². The Morgan fingerprint density at radius 2 is 1.32 bits per heavy atom. The first-order chi connectivity index (χ1) is 16.7. The quantitative estimate of drug-likeness (QED) is 0.189. The number of nitrogens with zero attached hydrogens (tertiary/aromatic N) is 1. The third kappa shape index (κ3) is 4.45. The predicted molar refractivity (Wildman–Crippen MR) is 142 cm³/mol. The molecule has 1 fully saturated rings. The minimum absolute atomic E-state index is 0.0926. The summed E-state index contributed by atoms with van der Waals surface area (Å²) in [5.74, 6) is 0. The first-order valence-corrected chi connectivity index (χ1v) is 13.3. The Bertz CT molecular complexity index is 1180. The van der Waals surface area contributed by atoms with Crippen molar-refractivity contribution in [2.45, 2.75) is 48.4 Å². The molecule has 4 aromatic carbocycles. The maximum absolute atomic E-state index is 14.3. The van der Waals surface area contributed by atoms with E-state index in [4.69, 9.17) is 0 Å². The van der Waals surface area contributed by atoms with E-state index in [0.717, 1.165) is 36.3 Å². The number of hydrogen-bond donors (Lipinski definition) is 0. The Hall–Kier alpha value is -3.17. The molecule has 0 amide bonds. The van der Waals surface area contributed by atoms with Gasteiger partial charge in [-0.2, -0.15) is 0 Å². The maximum Gasteiger partial charge on any atom is 0.146 e. The molecular weight excluding hydrogens is 434 g/mol. The molecule has 2 nitrogen and oxygen atoms in total. The van der Waals surface area contributed by atoms with Gasteiger partial charge in [0, 0.05) is 10.6 Å². The van der Waals surface area contributed by atoms with Gasteiger partial charge in [0.15, 0.2) is 0 Å². The van der Waals surface area contributed by atoms with Crippen molar-refractivity contribution in [3.63, 3.8) is 0 Å². The third-order valence-corrected chi connectivity index (χ3v) is 8.79. The van der Waals surface area contributed by atoms with Gasteiger partial charge >= 0.3 is 0 Å². The number of aryl methyl sites for hydroxylation is 2. The summed E-state index contributed by atoms with van der Waals surface area (Å²) in [6.07, 6.45) is 4.05. The molecule has 1 saturated heterocycles. The second-order valence-electron chi connectivity index (χ2n) is 9.14. The minimum atomic E-state index is -1.17. The van der Waals surface area contributed by atoms with Crippen molar-refractivity contribution in [3.8, 4) is 0 Å². The number of rotatable bonds is 9. The van der Waals surface area contributed by atoms with Gasteiger partial charge < -0.3 is 4.90 Å². The fourth-order valence-corrected chi connectivity index (χ4v) is 6.98. The molecule has 1 aliphatic heterocycles. The molecule has 1 heterocycles. The first-order valence-electron chi connectivity index (χ1n) is 12.1. The Morgan fingerprint density at radius 3 is 1.97 bits per heavy atom. The molecule has 172 valence electrons. The van der Waals surface area contributed by atoms with E-state index in [9.17, 15) is 4.21 Å². The molecule has 0 aromatic heterocycles. The molecule has 34 heavy (non-hydrogen) atoms. The van der Waals surface area contributed by atoms with Gasteiger partial charge in [-0.05, 0) is 68.0 Å². The largest absolute Gasteiger partial charge is 0.342 e. The summed E-state index contributed by atoms with van der Waals surface area (Å²) < 4.78 is 14.3. The fourth-order valence-electron chi connectivity index (χ4n) is 5.07. The van der Waals surface area contributed by atoms with Crippen LogP contribution in [0.3, 0.4) is 0 Å². The van der Waals surface area contributed by atoms with E-state index in [1.165, 1.54) is 16.7 Å². The predicted octanol–water partition coefficient (Wildman–Crippen LogP) is 7.47.